The summed E-state index contributed by atoms with van der Waals surface area (Å²) in [5.41, 5.74) is 1.95. The van der Waals surface area contributed by atoms with E-state index in [9.17, 15) is 4.39 Å². The van der Waals surface area contributed by atoms with Gasteiger partial charge in [0, 0.05) is 36.9 Å². The van der Waals surface area contributed by atoms with Crippen LogP contribution in [0.3, 0.4) is 0 Å². The summed E-state index contributed by atoms with van der Waals surface area (Å²) in [5, 5.41) is 3.42. The molecular formula is C17H27FN2. The van der Waals surface area contributed by atoms with E-state index in [0.717, 1.165) is 11.3 Å². The summed E-state index contributed by atoms with van der Waals surface area (Å²) in [4.78, 5) is 2.20. The number of hydrogen-bond acceptors (Lipinski definition) is 2. The molecule has 1 saturated carbocycles. The minimum Gasteiger partial charge on any atom is -0.371 e. The molecule has 0 aliphatic heterocycles. The Hall–Kier alpha value is -1.09. The topological polar surface area (TPSA) is 15.3 Å². The fourth-order valence-corrected chi connectivity index (χ4v) is 2.38. The molecule has 0 saturated heterocycles. The Morgan fingerprint density at radius 1 is 1.35 bits per heavy atom. The molecule has 0 amide bonds. The molecule has 20 heavy (non-hydrogen) atoms. The molecule has 1 aliphatic carbocycles. The Morgan fingerprint density at radius 2 is 2.00 bits per heavy atom. The second-order valence-corrected chi connectivity index (χ2v) is 7.05. The average molecular weight is 278 g/mol. The molecule has 112 valence electrons. The van der Waals surface area contributed by atoms with Gasteiger partial charge in [-0.2, -0.15) is 0 Å². The lowest BCUT2D eigenvalue weighted by atomic mass is 9.86. The van der Waals surface area contributed by atoms with E-state index in [1.54, 1.807) is 12.1 Å². The van der Waals surface area contributed by atoms with Crippen molar-refractivity contribution in [3.63, 3.8) is 0 Å². The van der Waals surface area contributed by atoms with Crippen molar-refractivity contribution in [2.24, 2.45) is 5.41 Å². The van der Waals surface area contributed by atoms with E-state index in [1.165, 1.54) is 12.8 Å². The average Bonchev–Trinajstić information content (AvgIpc) is 3.18. The van der Waals surface area contributed by atoms with Crippen LogP contribution in [0.5, 0.6) is 0 Å². The molecule has 1 aromatic carbocycles. The first-order valence-electron chi connectivity index (χ1n) is 7.54. The Labute approximate surface area is 122 Å². The molecule has 1 N–H and O–H groups in total. The van der Waals surface area contributed by atoms with E-state index >= 15 is 0 Å². The Balaban J connectivity index is 2.22. The lowest BCUT2D eigenvalue weighted by molar-refractivity contribution is 0.329. The van der Waals surface area contributed by atoms with Crippen LogP contribution in [-0.4, -0.2) is 19.1 Å². The van der Waals surface area contributed by atoms with Gasteiger partial charge in [0.05, 0.1) is 0 Å². The van der Waals surface area contributed by atoms with Crippen molar-refractivity contribution in [2.45, 2.75) is 59.2 Å². The van der Waals surface area contributed by atoms with Gasteiger partial charge in [-0.05, 0) is 37.3 Å². The maximum atomic E-state index is 14.2. The number of anilines is 1. The SMILES string of the molecule is CC(N(C)c1cccc(F)c1CNC1CC1)C(C)(C)C. The monoisotopic (exact) mass is 278 g/mol. The van der Waals surface area contributed by atoms with Crippen LogP contribution in [0, 0.1) is 11.2 Å². The second-order valence-electron chi connectivity index (χ2n) is 7.05. The van der Waals surface area contributed by atoms with Gasteiger partial charge < -0.3 is 10.2 Å². The highest BCUT2D eigenvalue weighted by Crippen LogP contribution is 2.31. The summed E-state index contributed by atoms with van der Waals surface area (Å²) in [7, 11) is 2.06. The number of halogens is 1. The number of nitrogens with one attached hydrogen (secondary N) is 1. The molecule has 1 atom stereocenters. The highest BCUT2D eigenvalue weighted by Gasteiger charge is 2.27. The number of hydrogen-bond donors (Lipinski definition) is 1. The highest BCUT2D eigenvalue weighted by molar-refractivity contribution is 5.54. The molecule has 2 rings (SSSR count). The number of benzene rings is 1. The maximum absolute atomic E-state index is 14.2. The third kappa shape index (κ3) is 3.51. The molecule has 3 heteroatoms. The summed E-state index contributed by atoms with van der Waals surface area (Å²) in [5.74, 6) is -0.108. The van der Waals surface area contributed by atoms with E-state index in [2.05, 4.69) is 45.0 Å². The van der Waals surface area contributed by atoms with E-state index in [4.69, 9.17) is 0 Å². The van der Waals surface area contributed by atoms with Crippen LogP contribution in [0.4, 0.5) is 10.1 Å². The molecule has 0 heterocycles. The fourth-order valence-electron chi connectivity index (χ4n) is 2.38. The number of rotatable bonds is 5. The van der Waals surface area contributed by atoms with Crippen LogP contribution in [-0.2, 0) is 6.54 Å². The van der Waals surface area contributed by atoms with Crippen molar-refractivity contribution in [1.82, 2.24) is 5.32 Å². The van der Waals surface area contributed by atoms with Crippen LogP contribution in [0.2, 0.25) is 0 Å². The van der Waals surface area contributed by atoms with Gasteiger partial charge >= 0.3 is 0 Å². The van der Waals surface area contributed by atoms with Crippen LogP contribution < -0.4 is 10.2 Å². The van der Waals surface area contributed by atoms with Crippen molar-refractivity contribution in [3.8, 4) is 0 Å². The van der Waals surface area contributed by atoms with E-state index in [-0.39, 0.29) is 11.2 Å². The molecule has 2 nitrogen and oxygen atoms in total. The summed E-state index contributed by atoms with van der Waals surface area (Å²) >= 11 is 0. The van der Waals surface area contributed by atoms with E-state index < -0.39 is 0 Å². The predicted molar refractivity (Wildman–Crippen MR) is 83.6 cm³/mol. The van der Waals surface area contributed by atoms with Gasteiger partial charge in [0.15, 0.2) is 0 Å². The summed E-state index contributed by atoms with van der Waals surface area (Å²) in [6.45, 7) is 9.47. The summed E-state index contributed by atoms with van der Waals surface area (Å²) in [6, 6.07) is 6.31. The lowest BCUT2D eigenvalue weighted by Crippen LogP contribution is -2.40. The third-order valence-corrected chi connectivity index (χ3v) is 4.45. The van der Waals surface area contributed by atoms with E-state index in [0.29, 0.717) is 18.6 Å². The quantitative estimate of drug-likeness (QED) is 0.877. The summed E-state index contributed by atoms with van der Waals surface area (Å²) < 4.78 is 14.2. The summed E-state index contributed by atoms with van der Waals surface area (Å²) in [6.07, 6.45) is 2.44. The predicted octanol–water partition coefficient (Wildman–Crippen LogP) is 3.95. The molecule has 0 aromatic heterocycles. The van der Waals surface area contributed by atoms with Crippen molar-refractivity contribution in [1.29, 1.82) is 0 Å². The standard InChI is InChI=1S/C17H27FN2/c1-12(17(2,3)4)20(5)16-8-6-7-15(18)14(16)11-19-13-9-10-13/h6-8,12-13,19H,9-11H2,1-5H3. The van der Waals surface area contributed by atoms with Crippen molar-refractivity contribution in [3.05, 3.63) is 29.6 Å². The van der Waals surface area contributed by atoms with Crippen LogP contribution in [0.1, 0.15) is 46.1 Å². The highest BCUT2D eigenvalue weighted by atomic mass is 19.1. The molecule has 1 fully saturated rings. The zero-order valence-corrected chi connectivity index (χ0v) is 13.3. The molecule has 0 bridgehead atoms. The molecule has 0 spiro atoms. The molecule has 1 aromatic rings. The first kappa shape index (κ1) is 15.3. The third-order valence-electron chi connectivity index (χ3n) is 4.45. The zero-order valence-electron chi connectivity index (χ0n) is 13.3. The molecular weight excluding hydrogens is 251 g/mol. The molecule has 1 aliphatic rings. The first-order valence-corrected chi connectivity index (χ1v) is 7.54. The van der Waals surface area contributed by atoms with Crippen molar-refractivity contribution >= 4 is 5.69 Å². The normalized spacial score (nSPS) is 17.1. The minimum atomic E-state index is -0.108. The smallest absolute Gasteiger partial charge is 0.129 e. The van der Waals surface area contributed by atoms with Gasteiger partial charge in [-0.25, -0.2) is 4.39 Å². The largest absolute Gasteiger partial charge is 0.371 e. The van der Waals surface area contributed by atoms with Gasteiger partial charge in [0.2, 0.25) is 0 Å². The van der Waals surface area contributed by atoms with Gasteiger partial charge in [0.1, 0.15) is 5.82 Å². The Bertz CT molecular complexity index is 461. The first-order chi connectivity index (χ1) is 9.30. The molecule has 0 radical (unpaired) electrons. The fraction of sp³-hybridized carbons (Fsp3) is 0.647. The Morgan fingerprint density at radius 3 is 2.55 bits per heavy atom. The van der Waals surface area contributed by atoms with Crippen LogP contribution in [0.25, 0.3) is 0 Å². The van der Waals surface area contributed by atoms with Gasteiger partial charge in [-0.15, -0.1) is 0 Å². The van der Waals surface area contributed by atoms with Gasteiger partial charge in [-0.1, -0.05) is 26.8 Å². The van der Waals surface area contributed by atoms with Crippen LogP contribution >= 0.6 is 0 Å². The van der Waals surface area contributed by atoms with Crippen molar-refractivity contribution < 1.29 is 4.39 Å². The van der Waals surface area contributed by atoms with E-state index in [1.807, 2.05) is 6.07 Å². The lowest BCUT2D eigenvalue weighted by Gasteiger charge is -2.38. The zero-order chi connectivity index (χ0) is 14.9. The van der Waals surface area contributed by atoms with Crippen LogP contribution in [0.15, 0.2) is 18.2 Å². The second kappa shape index (κ2) is 5.72. The Kier molecular flexibility index (Phi) is 4.38. The van der Waals surface area contributed by atoms with Gasteiger partial charge in [-0.3, -0.25) is 0 Å². The van der Waals surface area contributed by atoms with Crippen molar-refractivity contribution in [2.75, 3.05) is 11.9 Å². The minimum absolute atomic E-state index is 0.108. The van der Waals surface area contributed by atoms with Gasteiger partial charge in [0.25, 0.3) is 0 Å². The molecule has 1 unspecified atom stereocenters. The number of nitrogens with zero attached hydrogens (tertiary/aromatic N) is 1. The maximum Gasteiger partial charge on any atom is 0.129 e.